The van der Waals surface area contributed by atoms with Crippen LogP contribution in [0.3, 0.4) is 0 Å². The van der Waals surface area contributed by atoms with Crippen LogP contribution in [0.25, 0.3) is 0 Å². The van der Waals surface area contributed by atoms with Crippen molar-refractivity contribution in [1.82, 2.24) is 5.32 Å². The molecule has 20 heavy (non-hydrogen) atoms. The summed E-state index contributed by atoms with van der Waals surface area (Å²) in [6.45, 7) is 0.853. The Balaban J connectivity index is 1.89. The zero-order chi connectivity index (χ0) is 14.1. The molecule has 2 aromatic rings. The normalized spacial score (nSPS) is 17.7. The Morgan fingerprint density at radius 2 is 1.70 bits per heavy atom. The molecule has 3 rings (SSSR count). The average molecular weight is 271 g/mol. The largest absolute Gasteiger partial charge is 0.508 e. The predicted octanol–water partition coefficient (Wildman–Crippen LogP) is 2.23. The number of hydrogen-bond acceptors (Lipinski definition) is 4. The second-order valence-corrected chi connectivity index (χ2v) is 5.20. The van der Waals surface area contributed by atoms with Gasteiger partial charge in [0.05, 0.1) is 0 Å². The van der Waals surface area contributed by atoms with Gasteiger partial charge in [-0.2, -0.15) is 0 Å². The third-order valence-corrected chi connectivity index (χ3v) is 3.69. The molecule has 1 aliphatic heterocycles. The van der Waals surface area contributed by atoms with Crippen LogP contribution in [0.5, 0.6) is 17.2 Å². The number of fused-ring (bicyclic) bond motifs is 1. The van der Waals surface area contributed by atoms with Crippen molar-refractivity contribution in [3.8, 4) is 17.2 Å². The number of phenols is 3. The van der Waals surface area contributed by atoms with Crippen molar-refractivity contribution in [3.05, 3.63) is 53.1 Å². The molecule has 104 valence electrons. The Kier molecular flexibility index (Phi) is 3.24. The van der Waals surface area contributed by atoms with Crippen molar-refractivity contribution in [2.24, 2.45) is 0 Å². The summed E-state index contributed by atoms with van der Waals surface area (Å²) >= 11 is 0. The summed E-state index contributed by atoms with van der Waals surface area (Å²) in [6, 6.07) is 10.2. The SMILES string of the molecule is Oc1cc(O)cc(CC2NCCc3cc(O)ccc32)c1. The third kappa shape index (κ3) is 2.56. The van der Waals surface area contributed by atoms with Crippen LogP contribution in [-0.2, 0) is 12.8 Å². The van der Waals surface area contributed by atoms with Crippen molar-refractivity contribution < 1.29 is 15.3 Å². The Bertz CT molecular complexity index is 619. The van der Waals surface area contributed by atoms with Gasteiger partial charge >= 0.3 is 0 Å². The number of phenolic OH excluding ortho intramolecular Hbond substituents is 3. The summed E-state index contributed by atoms with van der Waals surface area (Å²) in [5, 5.41) is 32.1. The first-order valence-electron chi connectivity index (χ1n) is 6.69. The van der Waals surface area contributed by atoms with Crippen LogP contribution in [-0.4, -0.2) is 21.9 Å². The van der Waals surface area contributed by atoms with E-state index in [4.69, 9.17) is 0 Å². The molecule has 2 aromatic carbocycles. The molecule has 1 heterocycles. The molecule has 0 saturated carbocycles. The highest BCUT2D eigenvalue weighted by molar-refractivity contribution is 5.41. The summed E-state index contributed by atoms with van der Waals surface area (Å²) < 4.78 is 0. The highest BCUT2D eigenvalue weighted by Gasteiger charge is 2.20. The lowest BCUT2D eigenvalue weighted by molar-refractivity contribution is 0.446. The lowest BCUT2D eigenvalue weighted by Gasteiger charge is -2.27. The quantitative estimate of drug-likeness (QED) is 0.676. The van der Waals surface area contributed by atoms with Crippen LogP contribution in [0.4, 0.5) is 0 Å². The Morgan fingerprint density at radius 3 is 2.45 bits per heavy atom. The predicted molar refractivity (Wildman–Crippen MR) is 76.0 cm³/mol. The smallest absolute Gasteiger partial charge is 0.119 e. The first-order valence-corrected chi connectivity index (χ1v) is 6.69. The zero-order valence-electron chi connectivity index (χ0n) is 11.0. The fraction of sp³-hybridized carbons (Fsp3) is 0.250. The molecule has 4 heteroatoms. The minimum absolute atomic E-state index is 0.0711. The van der Waals surface area contributed by atoms with Crippen LogP contribution >= 0.6 is 0 Å². The van der Waals surface area contributed by atoms with Gasteiger partial charge in [-0.05, 0) is 60.3 Å². The van der Waals surface area contributed by atoms with Crippen molar-refractivity contribution >= 4 is 0 Å². The average Bonchev–Trinajstić information content (AvgIpc) is 2.37. The van der Waals surface area contributed by atoms with Crippen molar-refractivity contribution in [2.45, 2.75) is 18.9 Å². The standard InChI is InChI=1S/C16H17NO3/c18-12-1-2-15-11(8-12)3-4-17-16(15)7-10-5-13(19)9-14(20)6-10/h1-2,5-6,8-9,16-20H,3-4,7H2. The van der Waals surface area contributed by atoms with Gasteiger partial charge in [-0.25, -0.2) is 0 Å². The molecule has 0 amide bonds. The van der Waals surface area contributed by atoms with Crippen molar-refractivity contribution in [3.63, 3.8) is 0 Å². The van der Waals surface area contributed by atoms with Gasteiger partial charge < -0.3 is 20.6 Å². The maximum absolute atomic E-state index is 9.55. The van der Waals surface area contributed by atoms with Gasteiger partial charge in [-0.15, -0.1) is 0 Å². The Labute approximate surface area is 117 Å². The van der Waals surface area contributed by atoms with E-state index in [9.17, 15) is 15.3 Å². The lowest BCUT2D eigenvalue weighted by atomic mass is 9.90. The first-order chi connectivity index (χ1) is 9.61. The zero-order valence-corrected chi connectivity index (χ0v) is 11.0. The number of hydrogen-bond donors (Lipinski definition) is 4. The van der Waals surface area contributed by atoms with Gasteiger partial charge in [-0.1, -0.05) is 6.07 Å². The molecule has 0 radical (unpaired) electrons. The molecule has 0 fully saturated rings. The number of benzene rings is 2. The summed E-state index contributed by atoms with van der Waals surface area (Å²) in [6.07, 6.45) is 1.57. The monoisotopic (exact) mass is 271 g/mol. The van der Waals surface area contributed by atoms with Crippen LogP contribution in [0.1, 0.15) is 22.7 Å². The van der Waals surface area contributed by atoms with Gasteiger partial charge in [0, 0.05) is 12.1 Å². The van der Waals surface area contributed by atoms with E-state index >= 15 is 0 Å². The van der Waals surface area contributed by atoms with Crippen molar-refractivity contribution in [2.75, 3.05) is 6.54 Å². The van der Waals surface area contributed by atoms with Crippen LogP contribution in [0.15, 0.2) is 36.4 Å². The van der Waals surface area contributed by atoms with E-state index in [1.165, 1.54) is 6.07 Å². The Morgan fingerprint density at radius 1 is 0.950 bits per heavy atom. The molecule has 1 atom stereocenters. The molecule has 1 aliphatic rings. The van der Waals surface area contributed by atoms with Gasteiger partial charge in [-0.3, -0.25) is 0 Å². The maximum Gasteiger partial charge on any atom is 0.119 e. The van der Waals surface area contributed by atoms with E-state index in [-0.39, 0.29) is 17.5 Å². The molecule has 4 nitrogen and oxygen atoms in total. The molecule has 0 bridgehead atoms. The second kappa shape index (κ2) is 5.06. The van der Waals surface area contributed by atoms with Crippen LogP contribution in [0, 0.1) is 0 Å². The molecule has 0 aromatic heterocycles. The molecule has 4 N–H and O–H groups in total. The molecule has 0 aliphatic carbocycles. The van der Waals surface area contributed by atoms with Gasteiger partial charge in [0.2, 0.25) is 0 Å². The van der Waals surface area contributed by atoms with Gasteiger partial charge in [0.25, 0.3) is 0 Å². The molecular formula is C16H17NO3. The molecule has 1 unspecified atom stereocenters. The van der Waals surface area contributed by atoms with E-state index < -0.39 is 0 Å². The molecule has 0 spiro atoms. The highest BCUT2D eigenvalue weighted by atomic mass is 16.3. The maximum atomic E-state index is 9.55. The topological polar surface area (TPSA) is 72.7 Å². The number of nitrogens with one attached hydrogen (secondary N) is 1. The van der Waals surface area contributed by atoms with E-state index in [1.807, 2.05) is 12.1 Å². The highest BCUT2D eigenvalue weighted by Crippen LogP contribution is 2.30. The first kappa shape index (κ1) is 12.8. The third-order valence-electron chi connectivity index (χ3n) is 3.69. The fourth-order valence-corrected chi connectivity index (χ4v) is 2.83. The van der Waals surface area contributed by atoms with Gasteiger partial charge in [0.15, 0.2) is 0 Å². The van der Waals surface area contributed by atoms with Crippen LogP contribution < -0.4 is 5.32 Å². The van der Waals surface area contributed by atoms with Crippen LogP contribution in [0.2, 0.25) is 0 Å². The minimum Gasteiger partial charge on any atom is -0.508 e. The Hall–Kier alpha value is -2.20. The van der Waals surface area contributed by atoms with E-state index in [1.54, 1.807) is 18.2 Å². The lowest BCUT2D eigenvalue weighted by Crippen LogP contribution is -2.31. The van der Waals surface area contributed by atoms with E-state index in [2.05, 4.69) is 5.32 Å². The second-order valence-electron chi connectivity index (χ2n) is 5.20. The van der Waals surface area contributed by atoms with E-state index in [0.29, 0.717) is 12.2 Å². The fourth-order valence-electron chi connectivity index (χ4n) is 2.83. The summed E-state index contributed by atoms with van der Waals surface area (Å²) in [5.74, 6) is 0.433. The summed E-state index contributed by atoms with van der Waals surface area (Å²) in [7, 11) is 0. The van der Waals surface area contributed by atoms with Crippen molar-refractivity contribution in [1.29, 1.82) is 0 Å². The summed E-state index contributed by atoms with van der Waals surface area (Å²) in [4.78, 5) is 0. The molecule has 0 saturated heterocycles. The van der Waals surface area contributed by atoms with Gasteiger partial charge in [0.1, 0.15) is 17.2 Å². The minimum atomic E-state index is 0.0711. The number of rotatable bonds is 2. The summed E-state index contributed by atoms with van der Waals surface area (Å²) in [5.41, 5.74) is 3.19. The number of aromatic hydroxyl groups is 3. The van der Waals surface area contributed by atoms with E-state index in [0.717, 1.165) is 29.7 Å². The molecular weight excluding hydrogens is 254 g/mol.